The Bertz CT molecular complexity index is 731. The third-order valence-corrected chi connectivity index (χ3v) is 6.68. The van der Waals surface area contributed by atoms with Gasteiger partial charge in [0.15, 0.2) is 0 Å². The van der Waals surface area contributed by atoms with Gasteiger partial charge in [0.1, 0.15) is 12.4 Å². The van der Waals surface area contributed by atoms with Crippen LogP contribution in [0.1, 0.15) is 48.3 Å². The average Bonchev–Trinajstić information content (AvgIpc) is 3.28. The van der Waals surface area contributed by atoms with E-state index in [0.29, 0.717) is 30.5 Å². The predicted octanol–water partition coefficient (Wildman–Crippen LogP) is 3.91. The number of hydrogen-bond donors (Lipinski definition) is 3. The summed E-state index contributed by atoms with van der Waals surface area (Å²) in [5, 5.41) is 28.9. The summed E-state index contributed by atoms with van der Waals surface area (Å²) in [6, 6.07) is 16.5. The van der Waals surface area contributed by atoms with Crippen molar-refractivity contribution in [1.29, 1.82) is 0 Å². The molecule has 0 heterocycles. The second kappa shape index (κ2) is 11.6. The van der Waals surface area contributed by atoms with Gasteiger partial charge in [0.05, 0.1) is 18.8 Å². The van der Waals surface area contributed by atoms with Gasteiger partial charge in [0, 0.05) is 17.9 Å². The molecule has 0 spiro atoms. The molecule has 2 unspecified atom stereocenters. The second-order valence-electron chi connectivity index (χ2n) is 7.82. The third kappa shape index (κ3) is 6.75. The fourth-order valence-electron chi connectivity index (χ4n) is 3.94. The van der Waals surface area contributed by atoms with Crippen LogP contribution in [-0.4, -0.2) is 45.6 Å². The molecular formula is C24H32O4S. The molecule has 4 nitrogen and oxygen atoms in total. The van der Waals surface area contributed by atoms with E-state index in [1.54, 1.807) is 0 Å². The van der Waals surface area contributed by atoms with Crippen molar-refractivity contribution in [2.75, 3.05) is 18.1 Å². The molecule has 0 radical (unpaired) electrons. The molecule has 5 heteroatoms. The second-order valence-corrected chi connectivity index (χ2v) is 8.90. The maximum atomic E-state index is 10.5. The summed E-state index contributed by atoms with van der Waals surface area (Å²) in [7, 11) is 0. The molecule has 158 valence electrons. The molecule has 3 N–H and O–H groups in total. The van der Waals surface area contributed by atoms with E-state index in [4.69, 9.17) is 9.84 Å². The van der Waals surface area contributed by atoms with Crippen LogP contribution in [0.2, 0.25) is 0 Å². The lowest BCUT2D eigenvalue weighted by molar-refractivity contribution is 0.113. The lowest BCUT2D eigenvalue weighted by Crippen LogP contribution is -2.19. The van der Waals surface area contributed by atoms with E-state index < -0.39 is 12.2 Å². The normalized spacial score (nSPS) is 16.7. The van der Waals surface area contributed by atoms with Crippen molar-refractivity contribution < 1.29 is 20.1 Å². The topological polar surface area (TPSA) is 69.9 Å². The molecule has 0 amide bonds. The van der Waals surface area contributed by atoms with E-state index in [0.717, 1.165) is 16.9 Å². The monoisotopic (exact) mass is 416 g/mol. The van der Waals surface area contributed by atoms with E-state index in [2.05, 4.69) is 30.3 Å². The first-order valence-corrected chi connectivity index (χ1v) is 11.7. The molecule has 0 aliphatic heterocycles. The first-order chi connectivity index (χ1) is 14.2. The van der Waals surface area contributed by atoms with Gasteiger partial charge in [-0.25, -0.2) is 0 Å². The van der Waals surface area contributed by atoms with E-state index >= 15 is 0 Å². The summed E-state index contributed by atoms with van der Waals surface area (Å²) in [5.41, 5.74) is 3.45. The summed E-state index contributed by atoms with van der Waals surface area (Å²) < 4.78 is 6.34. The summed E-state index contributed by atoms with van der Waals surface area (Å²) in [6.45, 7) is 0.273. The summed E-state index contributed by atoms with van der Waals surface area (Å²) in [4.78, 5) is 0. The smallest absolute Gasteiger partial charge is 0.126 e. The molecule has 1 saturated carbocycles. The number of benzene rings is 2. The Morgan fingerprint density at radius 3 is 2.38 bits per heavy atom. The molecular weight excluding hydrogens is 384 g/mol. The first kappa shape index (κ1) is 22.2. The van der Waals surface area contributed by atoms with Crippen molar-refractivity contribution >= 4 is 11.8 Å². The molecule has 2 aromatic carbocycles. The average molecular weight is 417 g/mol. The summed E-state index contributed by atoms with van der Waals surface area (Å²) >= 11 is 1.46. The van der Waals surface area contributed by atoms with Crippen molar-refractivity contribution in [3.8, 4) is 5.75 Å². The predicted molar refractivity (Wildman–Crippen MR) is 119 cm³/mol. The number of ether oxygens (including phenoxy) is 1. The van der Waals surface area contributed by atoms with Crippen LogP contribution >= 0.6 is 11.8 Å². The Hall–Kier alpha value is -1.53. The lowest BCUT2D eigenvalue weighted by atomic mass is 9.93. The molecule has 1 aliphatic carbocycles. The van der Waals surface area contributed by atoms with E-state index in [1.165, 1.54) is 43.0 Å². The number of thioether (sulfide) groups is 1. The van der Waals surface area contributed by atoms with Crippen LogP contribution in [0.25, 0.3) is 0 Å². The van der Waals surface area contributed by atoms with Crippen molar-refractivity contribution in [1.82, 2.24) is 0 Å². The Labute approximate surface area is 177 Å². The Morgan fingerprint density at radius 2 is 1.66 bits per heavy atom. The molecule has 1 fully saturated rings. The third-order valence-electron chi connectivity index (χ3n) is 5.43. The molecule has 0 bridgehead atoms. The zero-order valence-electron chi connectivity index (χ0n) is 16.9. The van der Waals surface area contributed by atoms with Crippen molar-refractivity contribution in [3.05, 3.63) is 65.2 Å². The largest absolute Gasteiger partial charge is 0.488 e. The molecule has 0 saturated heterocycles. The van der Waals surface area contributed by atoms with Crippen LogP contribution in [0.5, 0.6) is 5.75 Å². The highest BCUT2D eigenvalue weighted by Gasteiger charge is 2.23. The van der Waals surface area contributed by atoms with Gasteiger partial charge in [-0.05, 0) is 35.4 Å². The molecule has 1 aliphatic rings. The fraction of sp³-hybridized carbons (Fsp3) is 0.500. The minimum Gasteiger partial charge on any atom is -0.488 e. The highest BCUT2D eigenvalue weighted by Crippen LogP contribution is 2.40. The van der Waals surface area contributed by atoms with Gasteiger partial charge in [0.2, 0.25) is 0 Å². The van der Waals surface area contributed by atoms with Gasteiger partial charge in [-0.15, -0.1) is 0 Å². The Morgan fingerprint density at radius 1 is 0.931 bits per heavy atom. The highest BCUT2D eigenvalue weighted by atomic mass is 32.2. The van der Waals surface area contributed by atoms with Gasteiger partial charge >= 0.3 is 0 Å². The minimum absolute atomic E-state index is 0.246. The Balaban J connectivity index is 1.71. The zero-order valence-corrected chi connectivity index (χ0v) is 17.7. The van der Waals surface area contributed by atoms with E-state index in [1.807, 2.05) is 18.2 Å². The van der Waals surface area contributed by atoms with Crippen LogP contribution in [0, 0.1) is 0 Å². The summed E-state index contributed by atoms with van der Waals surface area (Å²) in [6.07, 6.45) is 4.18. The van der Waals surface area contributed by atoms with Crippen molar-refractivity contribution in [2.45, 2.75) is 56.8 Å². The van der Waals surface area contributed by atoms with E-state index in [-0.39, 0.29) is 6.61 Å². The quantitative estimate of drug-likeness (QED) is 0.518. The number of aliphatic hydroxyl groups excluding tert-OH is 3. The number of aliphatic hydroxyl groups is 3. The molecule has 2 atom stereocenters. The van der Waals surface area contributed by atoms with E-state index in [9.17, 15) is 10.2 Å². The van der Waals surface area contributed by atoms with Crippen LogP contribution < -0.4 is 4.74 Å². The molecule has 29 heavy (non-hydrogen) atoms. The van der Waals surface area contributed by atoms with Gasteiger partial charge < -0.3 is 20.1 Å². The SMILES string of the molecule is OCC(O)CSCC(O)Cc1cccc(C2CCCC2)c1OCc1ccccc1. The van der Waals surface area contributed by atoms with Gasteiger partial charge in [-0.2, -0.15) is 11.8 Å². The summed E-state index contributed by atoms with van der Waals surface area (Å²) in [5.74, 6) is 2.41. The van der Waals surface area contributed by atoms with Crippen molar-refractivity contribution in [3.63, 3.8) is 0 Å². The van der Waals surface area contributed by atoms with Crippen LogP contribution in [0.3, 0.4) is 0 Å². The number of rotatable bonds is 11. The van der Waals surface area contributed by atoms with Gasteiger partial charge in [0.25, 0.3) is 0 Å². The minimum atomic E-state index is -0.734. The van der Waals surface area contributed by atoms with Crippen molar-refractivity contribution in [2.24, 2.45) is 0 Å². The van der Waals surface area contributed by atoms with Gasteiger partial charge in [-0.1, -0.05) is 61.4 Å². The highest BCUT2D eigenvalue weighted by molar-refractivity contribution is 7.99. The zero-order chi connectivity index (χ0) is 20.5. The van der Waals surface area contributed by atoms with Crippen LogP contribution in [-0.2, 0) is 13.0 Å². The number of hydrogen-bond acceptors (Lipinski definition) is 5. The standard InChI is InChI=1S/C24H32O4S/c25-14-22(27)17-29-16-21(26)13-20-11-6-12-23(19-9-4-5-10-19)24(20)28-15-18-7-2-1-3-8-18/h1-3,6-8,11-12,19,21-22,25-27H,4-5,9-10,13-17H2. The lowest BCUT2D eigenvalue weighted by Gasteiger charge is -2.21. The maximum absolute atomic E-state index is 10.5. The Kier molecular flexibility index (Phi) is 8.87. The molecule has 3 rings (SSSR count). The first-order valence-electron chi connectivity index (χ1n) is 10.5. The molecule has 0 aromatic heterocycles. The fourth-order valence-corrected chi connectivity index (χ4v) is 4.84. The van der Waals surface area contributed by atoms with Crippen LogP contribution in [0.4, 0.5) is 0 Å². The van der Waals surface area contributed by atoms with Crippen LogP contribution in [0.15, 0.2) is 48.5 Å². The van der Waals surface area contributed by atoms with Gasteiger partial charge in [-0.3, -0.25) is 0 Å². The number of para-hydroxylation sites is 1. The molecule has 2 aromatic rings. The maximum Gasteiger partial charge on any atom is 0.126 e.